The quantitative estimate of drug-likeness (QED) is 0.630. The Morgan fingerprint density at radius 1 is 0.882 bits per heavy atom. The van der Waals surface area contributed by atoms with E-state index in [2.05, 4.69) is 4.98 Å². The van der Waals surface area contributed by atoms with Crippen molar-refractivity contribution in [3.8, 4) is 5.75 Å². The molecule has 0 bridgehead atoms. The van der Waals surface area contributed by atoms with Crippen LogP contribution in [0.2, 0.25) is 0 Å². The van der Waals surface area contributed by atoms with Gasteiger partial charge < -0.3 is 5.11 Å². The summed E-state index contributed by atoms with van der Waals surface area (Å²) in [5, 5.41) is 9.63. The molecule has 0 radical (unpaired) electrons. The van der Waals surface area contributed by atoms with Crippen molar-refractivity contribution >= 4 is 11.6 Å². The third kappa shape index (κ3) is 1.21. The van der Waals surface area contributed by atoms with Crippen LogP contribution in [-0.2, 0) is 0 Å². The third-order valence-electron chi connectivity index (χ3n) is 2.81. The number of ketones is 2. The SMILES string of the molecule is O=C1c2ccccc2C(=O)c2c(O)cncc21. The molecule has 0 saturated heterocycles. The number of aromatic hydroxyl groups is 1. The molecule has 4 heteroatoms. The first-order valence-corrected chi connectivity index (χ1v) is 5.05. The number of nitrogens with zero attached hydrogens (tertiary/aromatic N) is 1. The second-order valence-electron chi connectivity index (χ2n) is 3.79. The molecule has 0 saturated carbocycles. The molecule has 0 spiro atoms. The molecule has 0 unspecified atom stereocenters. The minimum Gasteiger partial charge on any atom is -0.506 e. The van der Waals surface area contributed by atoms with Crippen molar-refractivity contribution in [1.82, 2.24) is 4.98 Å². The van der Waals surface area contributed by atoms with Crippen molar-refractivity contribution in [1.29, 1.82) is 0 Å². The summed E-state index contributed by atoms with van der Waals surface area (Å²) in [5.74, 6) is -0.871. The maximum absolute atomic E-state index is 12.1. The second-order valence-corrected chi connectivity index (χ2v) is 3.79. The van der Waals surface area contributed by atoms with Crippen LogP contribution in [0.1, 0.15) is 31.8 Å². The first-order valence-electron chi connectivity index (χ1n) is 5.05. The Morgan fingerprint density at radius 2 is 1.53 bits per heavy atom. The number of rotatable bonds is 0. The zero-order chi connectivity index (χ0) is 12.0. The molecule has 1 heterocycles. The maximum atomic E-state index is 12.1. The summed E-state index contributed by atoms with van der Waals surface area (Å²) in [5.41, 5.74) is 0.890. The zero-order valence-corrected chi connectivity index (χ0v) is 8.68. The van der Waals surface area contributed by atoms with Gasteiger partial charge in [-0.3, -0.25) is 14.6 Å². The number of fused-ring (bicyclic) bond motifs is 2. The average Bonchev–Trinajstić information content (AvgIpc) is 2.36. The number of aromatic nitrogens is 1. The molecule has 4 nitrogen and oxygen atoms in total. The van der Waals surface area contributed by atoms with E-state index in [0.29, 0.717) is 11.1 Å². The Balaban J connectivity index is 2.37. The fourth-order valence-corrected chi connectivity index (χ4v) is 2.02. The molecule has 1 aliphatic carbocycles. The lowest BCUT2D eigenvalue weighted by Gasteiger charge is -2.17. The number of carbonyl (C=O) groups is 2. The van der Waals surface area contributed by atoms with Crippen LogP contribution in [0.5, 0.6) is 5.75 Å². The van der Waals surface area contributed by atoms with E-state index in [9.17, 15) is 14.7 Å². The number of hydrogen-bond donors (Lipinski definition) is 1. The molecule has 2 aromatic rings. The van der Waals surface area contributed by atoms with Gasteiger partial charge in [0.15, 0.2) is 11.6 Å². The van der Waals surface area contributed by atoms with E-state index in [0.717, 1.165) is 6.20 Å². The summed E-state index contributed by atoms with van der Waals surface area (Å²) >= 11 is 0. The van der Waals surface area contributed by atoms with Gasteiger partial charge in [-0.2, -0.15) is 0 Å². The molecule has 0 fully saturated rings. The Hall–Kier alpha value is -2.49. The normalized spacial score (nSPS) is 13.2. The standard InChI is InChI=1S/C13H7NO3/c15-10-6-14-5-9-11(10)13(17)8-4-2-1-3-7(8)12(9)16/h1-6,15H. The summed E-state index contributed by atoms with van der Waals surface area (Å²) in [6.45, 7) is 0. The van der Waals surface area contributed by atoms with Gasteiger partial charge >= 0.3 is 0 Å². The smallest absolute Gasteiger partial charge is 0.198 e. The van der Waals surface area contributed by atoms with Gasteiger partial charge in [0, 0.05) is 17.3 Å². The molecule has 1 aromatic heterocycles. The Labute approximate surface area is 96.5 Å². The number of benzene rings is 1. The molecule has 3 rings (SSSR count). The fraction of sp³-hybridized carbons (Fsp3) is 0. The van der Waals surface area contributed by atoms with Crippen LogP contribution >= 0.6 is 0 Å². The molecule has 82 valence electrons. The average molecular weight is 225 g/mol. The lowest BCUT2D eigenvalue weighted by molar-refractivity contribution is 0.0976. The van der Waals surface area contributed by atoms with Crippen LogP contribution in [0.15, 0.2) is 36.7 Å². The Kier molecular flexibility index (Phi) is 1.86. The lowest BCUT2D eigenvalue weighted by Crippen LogP contribution is -2.21. The molecule has 1 N–H and O–H groups in total. The van der Waals surface area contributed by atoms with Crippen LogP contribution in [0.3, 0.4) is 0 Å². The number of hydrogen-bond acceptors (Lipinski definition) is 4. The van der Waals surface area contributed by atoms with Crippen molar-refractivity contribution in [3.05, 3.63) is 58.9 Å². The minimum atomic E-state index is -0.338. The van der Waals surface area contributed by atoms with E-state index in [1.807, 2.05) is 0 Å². The van der Waals surface area contributed by atoms with E-state index < -0.39 is 0 Å². The minimum absolute atomic E-state index is 0.0451. The first kappa shape index (κ1) is 9.72. The summed E-state index contributed by atoms with van der Waals surface area (Å²) in [4.78, 5) is 28.0. The van der Waals surface area contributed by atoms with Crippen LogP contribution in [-0.4, -0.2) is 21.7 Å². The van der Waals surface area contributed by atoms with E-state index in [1.165, 1.54) is 6.20 Å². The van der Waals surface area contributed by atoms with Gasteiger partial charge in [0.25, 0.3) is 0 Å². The number of pyridine rings is 1. The highest BCUT2D eigenvalue weighted by atomic mass is 16.3. The molecule has 1 aromatic carbocycles. The topological polar surface area (TPSA) is 67.3 Å². The van der Waals surface area contributed by atoms with E-state index in [1.54, 1.807) is 24.3 Å². The maximum Gasteiger partial charge on any atom is 0.198 e. The lowest BCUT2D eigenvalue weighted by atomic mass is 9.85. The largest absolute Gasteiger partial charge is 0.506 e. The predicted molar refractivity (Wildman–Crippen MR) is 59.2 cm³/mol. The number of carbonyl (C=O) groups excluding carboxylic acids is 2. The van der Waals surface area contributed by atoms with E-state index in [-0.39, 0.29) is 28.4 Å². The highest BCUT2D eigenvalue weighted by molar-refractivity contribution is 6.29. The molecular formula is C13H7NO3. The van der Waals surface area contributed by atoms with Crippen LogP contribution in [0.25, 0.3) is 0 Å². The highest BCUT2D eigenvalue weighted by Gasteiger charge is 2.31. The van der Waals surface area contributed by atoms with E-state index >= 15 is 0 Å². The molecule has 17 heavy (non-hydrogen) atoms. The molecule has 0 aliphatic heterocycles. The van der Waals surface area contributed by atoms with Crippen LogP contribution < -0.4 is 0 Å². The van der Waals surface area contributed by atoms with Crippen molar-refractivity contribution in [2.24, 2.45) is 0 Å². The summed E-state index contributed by atoms with van der Waals surface area (Å²) in [7, 11) is 0. The van der Waals surface area contributed by atoms with Gasteiger partial charge in [-0.25, -0.2) is 0 Å². The Bertz CT molecular complexity index is 661. The molecular weight excluding hydrogens is 218 g/mol. The monoisotopic (exact) mass is 225 g/mol. The van der Waals surface area contributed by atoms with Gasteiger partial charge in [-0.05, 0) is 0 Å². The van der Waals surface area contributed by atoms with Crippen molar-refractivity contribution < 1.29 is 14.7 Å². The van der Waals surface area contributed by atoms with Crippen molar-refractivity contribution in [2.45, 2.75) is 0 Å². The van der Waals surface area contributed by atoms with Gasteiger partial charge in [-0.1, -0.05) is 24.3 Å². The summed E-state index contributed by atoms with van der Waals surface area (Å²) < 4.78 is 0. The Morgan fingerprint density at radius 3 is 2.24 bits per heavy atom. The fourth-order valence-electron chi connectivity index (χ4n) is 2.02. The second kappa shape index (κ2) is 3.25. The van der Waals surface area contributed by atoms with Gasteiger partial charge in [0.1, 0.15) is 5.75 Å². The predicted octanol–water partition coefficient (Wildman–Crippen LogP) is 1.56. The molecule has 0 amide bonds. The van der Waals surface area contributed by atoms with Gasteiger partial charge in [0.05, 0.1) is 17.3 Å². The highest BCUT2D eigenvalue weighted by Crippen LogP contribution is 2.31. The van der Waals surface area contributed by atoms with Crippen LogP contribution in [0, 0.1) is 0 Å². The van der Waals surface area contributed by atoms with E-state index in [4.69, 9.17) is 0 Å². The van der Waals surface area contributed by atoms with Crippen molar-refractivity contribution in [2.75, 3.05) is 0 Å². The van der Waals surface area contributed by atoms with Gasteiger partial charge in [-0.15, -0.1) is 0 Å². The van der Waals surface area contributed by atoms with Gasteiger partial charge in [0.2, 0.25) is 0 Å². The third-order valence-corrected chi connectivity index (χ3v) is 2.81. The summed E-state index contributed by atoms with van der Waals surface area (Å²) in [6.07, 6.45) is 2.48. The summed E-state index contributed by atoms with van der Waals surface area (Å²) in [6, 6.07) is 6.57. The van der Waals surface area contributed by atoms with Crippen LogP contribution in [0.4, 0.5) is 0 Å². The molecule has 1 aliphatic rings. The molecule has 0 atom stereocenters. The van der Waals surface area contributed by atoms with Crippen molar-refractivity contribution in [3.63, 3.8) is 0 Å². The zero-order valence-electron chi connectivity index (χ0n) is 8.68. The first-order chi connectivity index (χ1) is 8.20.